The molecular formula is C23H36O2. The van der Waals surface area contributed by atoms with Crippen LogP contribution in [0, 0.1) is 0 Å². The summed E-state index contributed by atoms with van der Waals surface area (Å²) in [6.07, 6.45) is 16.8. The Morgan fingerprint density at radius 1 is 0.880 bits per heavy atom. The van der Waals surface area contributed by atoms with Gasteiger partial charge in [-0.25, -0.2) is 4.79 Å². The van der Waals surface area contributed by atoms with Gasteiger partial charge in [0.15, 0.2) is 0 Å². The molecule has 2 heteroatoms. The molecular weight excluding hydrogens is 308 g/mol. The van der Waals surface area contributed by atoms with E-state index in [1.807, 2.05) is 24.3 Å². The van der Waals surface area contributed by atoms with Gasteiger partial charge in [0, 0.05) is 5.57 Å². The number of benzene rings is 1. The highest BCUT2D eigenvalue weighted by molar-refractivity contribution is 5.88. The smallest absolute Gasteiger partial charge is 0.333 e. The molecule has 0 amide bonds. The van der Waals surface area contributed by atoms with E-state index in [1.165, 1.54) is 70.5 Å². The lowest BCUT2D eigenvalue weighted by atomic mass is 10.0. The van der Waals surface area contributed by atoms with Crippen LogP contribution in [0.5, 0.6) is 0 Å². The number of hydrogen-bond donors (Lipinski definition) is 0. The van der Waals surface area contributed by atoms with Gasteiger partial charge in [-0.15, -0.1) is 0 Å². The lowest BCUT2D eigenvalue weighted by Gasteiger charge is -2.06. The standard InChI is InChI=1S/C23H36O2/c1-3-4-5-6-7-8-9-10-11-15-18-22(23(24)25-2)20-19-21-16-13-12-14-17-21/h12-14,16-17,20H,3-11,15,18-19H2,1-2H3. The highest BCUT2D eigenvalue weighted by atomic mass is 16.5. The van der Waals surface area contributed by atoms with E-state index < -0.39 is 0 Å². The van der Waals surface area contributed by atoms with Crippen LogP contribution in [0.25, 0.3) is 0 Å². The third-order valence-corrected chi connectivity index (χ3v) is 4.67. The number of ether oxygens (including phenoxy) is 1. The molecule has 0 bridgehead atoms. The summed E-state index contributed by atoms with van der Waals surface area (Å²) in [5.74, 6) is -0.174. The zero-order valence-electron chi connectivity index (χ0n) is 16.3. The van der Waals surface area contributed by atoms with Crippen LogP contribution < -0.4 is 0 Å². The molecule has 25 heavy (non-hydrogen) atoms. The van der Waals surface area contributed by atoms with Gasteiger partial charge in [0.25, 0.3) is 0 Å². The van der Waals surface area contributed by atoms with Gasteiger partial charge in [-0.3, -0.25) is 0 Å². The third kappa shape index (κ3) is 10.8. The summed E-state index contributed by atoms with van der Waals surface area (Å²) in [7, 11) is 1.47. The Kier molecular flexibility index (Phi) is 12.7. The second kappa shape index (κ2) is 14.7. The van der Waals surface area contributed by atoms with Crippen molar-refractivity contribution >= 4 is 5.97 Å². The Morgan fingerprint density at radius 3 is 2.00 bits per heavy atom. The maximum absolute atomic E-state index is 11.9. The first kappa shape index (κ1) is 21.5. The number of hydrogen-bond acceptors (Lipinski definition) is 2. The molecule has 0 aliphatic heterocycles. The topological polar surface area (TPSA) is 26.3 Å². The van der Waals surface area contributed by atoms with Crippen molar-refractivity contribution in [1.82, 2.24) is 0 Å². The minimum absolute atomic E-state index is 0.174. The summed E-state index contributed by atoms with van der Waals surface area (Å²) in [6, 6.07) is 10.3. The van der Waals surface area contributed by atoms with Crippen LogP contribution in [-0.2, 0) is 16.0 Å². The molecule has 0 heterocycles. The minimum atomic E-state index is -0.174. The monoisotopic (exact) mass is 344 g/mol. The third-order valence-electron chi connectivity index (χ3n) is 4.67. The molecule has 0 saturated carbocycles. The van der Waals surface area contributed by atoms with Crippen LogP contribution in [0.15, 0.2) is 42.0 Å². The Labute approximate surface area is 154 Å². The summed E-state index contributed by atoms with van der Waals surface area (Å²) in [5, 5.41) is 0. The van der Waals surface area contributed by atoms with Crippen molar-refractivity contribution in [1.29, 1.82) is 0 Å². The molecule has 1 aromatic carbocycles. The fourth-order valence-electron chi connectivity index (χ4n) is 3.08. The van der Waals surface area contributed by atoms with Gasteiger partial charge in [-0.1, -0.05) is 101 Å². The van der Waals surface area contributed by atoms with Crippen molar-refractivity contribution in [2.75, 3.05) is 7.11 Å². The largest absolute Gasteiger partial charge is 0.466 e. The second-order valence-corrected chi connectivity index (χ2v) is 6.84. The molecule has 2 nitrogen and oxygen atoms in total. The molecule has 0 N–H and O–H groups in total. The molecule has 0 aliphatic rings. The summed E-state index contributed by atoms with van der Waals surface area (Å²) >= 11 is 0. The van der Waals surface area contributed by atoms with E-state index in [9.17, 15) is 4.79 Å². The van der Waals surface area contributed by atoms with E-state index in [4.69, 9.17) is 4.74 Å². The SMILES string of the molecule is CCCCCCCCCCCCC(=CCc1ccccc1)C(=O)OC. The van der Waals surface area contributed by atoms with E-state index in [2.05, 4.69) is 19.1 Å². The molecule has 140 valence electrons. The lowest BCUT2D eigenvalue weighted by molar-refractivity contribution is -0.136. The molecule has 0 unspecified atom stereocenters. The predicted molar refractivity (Wildman–Crippen MR) is 107 cm³/mol. The normalized spacial score (nSPS) is 11.5. The summed E-state index contributed by atoms with van der Waals surface area (Å²) in [4.78, 5) is 11.9. The molecule has 0 radical (unpaired) electrons. The highest BCUT2D eigenvalue weighted by Gasteiger charge is 2.08. The van der Waals surface area contributed by atoms with Gasteiger partial charge in [0.05, 0.1) is 7.11 Å². The number of rotatable bonds is 14. The van der Waals surface area contributed by atoms with Crippen LogP contribution in [0.2, 0.25) is 0 Å². The second-order valence-electron chi connectivity index (χ2n) is 6.84. The molecule has 0 saturated heterocycles. The van der Waals surface area contributed by atoms with Crippen molar-refractivity contribution < 1.29 is 9.53 Å². The van der Waals surface area contributed by atoms with Crippen molar-refractivity contribution in [2.45, 2.75) is 84.0 Å². The van der Waals surface area contributed by atoms with E-state index in [1.54, 1.807) is 0 Å². The zero-order valence-corrected chi connectivity index (χ0v) is 16.3. The molecule has 1 aromatic rings. The first-order valence-electron chi connectivity index (χ1n) is 10.1. The number of methoxy groups -OCH3 is 1. The summed E-state index contributed by atoms with van der Waals surface area (Å²) in [6.45, 7) is 2.26. The number of unbranched alkanes of at least 4 members (excludes halogenated alkanes) is 9. The number of allylic oxidation sites excluding steroid dienone is 1. The number of carbonyl (C=O) groups is 1. The van der Waals surface area contributed by atoms with Crippen molar-refractivity contribution in [3.8, 4) is 0 Å². The van der Waals surface area contributed by atoms with Gasteiger partial charge >= 0.3 is 5.97 Å². The first-order chi connectivity index (χ1) is 12.3. The predicted octanol–water partition coefficient (Wildman–Crippen LogP) is 6.64. The number of carbonyl (C=O) groups excluding carboxylic acids is 1. The van der Waals surface area contributed by atoms with E-state index >= 15 is 0 Å². The van der Waals surface area contributed by atoms with Crippen molar-refractivity contribution in [3.63, 3.8) is 0 Å². The number of esters is 1. The average molecular weight is 345 g/mol. The maximum Gasteiger partial charge on any atom is 0.333 e. The van der Waals surface area contributed by atoms with Crippen LogP contribution in [0.3, 0.4) is 0 Å². The van der Waals surface area contributed by atoms with Gasteiger partial charge in [-0.2, -0.15) is 0 Å². The highest BCUT2D eigenvalue weighted by Crippen LogP contribution is 2.15. The Balaban J connectivity index is 2.20. The first-order valence-corrected chi connectivity index (χ1v) is 10.1. The Hall–Kier alpha value is -1.57. The molecule has 0 spiro atoms. The van der Waals surface area contributed by atoms with Crippen LogP contribution in [-0.4, -0.2) is 13.1 Å². The molecule has 0 fully saturated rings. The Bertz CT molecular complexity index is 476. The average Bonchev–Trinajstić information content (AvgIpc) is 2.65. The van der Waals surface area contributed by atoms with Crippen LogP contribution >= 0.6 is 0 Å². The lowest BCUT2D eigenvalue weighted by Crippen LogP contribution is -2.05. The van der Waals surface area contributed by atoms with Crippen molar-refractivity contribution in [3.05, 3.63) is 47.5 Å². The van der Waals surface area contributed by atoms with Crippen LogP contribution in [0.4, 0.5) is 0 Å². The fourth-order valence-corrected chi connectivity index (χ4v) is 3.08. The van der Waals surface area contributed by atoms with Gasteiger partial charge in [0.2, 0.25) is 0 Å². The summed E-state index contributed by atoms with van der Waals surface area (Å²) < 4.78 is 4.94. The minimum Gasteiger partial charge on any atom is -0.466 e. The van der Waals surface area contributed by atoms with E-state index in [0.717, 1.165) is 24.8 Å². The Morgan fingerprint density at radius 2 is 1.44 bits per heavy atom. The maximum atomic E-state index is 11.9. The van der Waals surface area contributed by atoms with Gasteiger partial charge in [-0.05, 0) is 24.8 Å². The van der Waals surface area contributed by atoms with Gasteiger partial charge < -0.3 is 4.74 Å². The zero-order chi connectivity index (χ0) is 18.2. The quantitative estimate of drug-likeness (QED) is 0.215. The fraction of sp³-hybridized carbons (Fsp3) is 0.609. The van der Waals surface area contributed by atoms with Gasteiger partial charge in [0.1, 0.15) is 0 Å². The van der Waals surface area contributed by atoms with Crippen LogP contribution in [0.1, 0.15) is 83.1 Å². The summed E-state index contributed by atoms with van der Waals surface area (Å²) in [5.41, 5.74) is 2.05. The van der Waals surface area contributed by atoms with E-state index in [0.29, 0.717) is 0 Å². The van der Waals surface area contributed by atoms with E-state index in [-0.39, 0.29) is 5.97 Å². The van der Waals surface area contributed by atoms with Crippen molar-refractivity contribution in [2.24, 2.45) is 0 Å². The molecule has 0 aromatic heterocycles. The molecule has 0 atom stereocenters. The molecule has 1 rings (SSSR count). The molecule has 0 aliphatic carbocycles.